The number of amides is 1. The fourth-order valence-electron chi connectivity index (χ4n) is 1.48. The largest absolute Gasteiger partial charge is 0.444 e. The van der Waals surface area contributed by atoms with Crippen LogP contribution in [0.3, 0.4) is 0 Å². The first kappa shape index (κ1) is 14.7. The van der Waals surface area contributed by atoms with Gasteiger partial charge in [-0.15, -0.1) is 0 Å². The Bertz CT molecular complexity index is 664. The second kappa shape index (κ2) is 6.67. The molecule has 0 bridgehead atoms. The lowest BCUT2D eigenvalue weighted by Gasteiger charge is -2.05. The van der Waals surface area contributed by atoms with Crippen LogP contribution in [-0.2, 0) is 11.3 Å². The van der Waals surface area contributed by atoms with Gasteiger partial charge in [-0.1, -0.05) is 41.9 Å². The van der Waals surface area contributed by atoms with Crippen molar-refractivity contribution in [3.63, 3.8) is 0 Å². The Morgan fingerprint density at radius 1 is 1.29 bits per heavy atom. The van der Waals surface area contributed by atoms with Gasteiger partial charge in [-0.2, -0.15) is 0 Å². The predicted octanol–water partition coefficient (Wildman–Crippen LogP) is 3.39. The highest BCUT2D eigenvalue weighted by Crippen LogP contribution is 2.22. The van der Waals surface area contributed by atoms with E-state index in [4.69, 9.17) is 16.3 Å². The molecule has 0 aliphatic rings. The summed E-state index contributed by atoms with van der Waals surface area (Å²) in [6.45, 7) is 0.0687. The number of ether oxygens (including phenoxy) is 1. The van der Waals surface area contributed by atoms with Crippen molar-refractivity contribution in [3.05, 3.63) is 63.2 Å². The van der Waals surface area contributed by atoms with Gasteiger partial charge >= 0.3 is 11.9 Å². The molecule has 1 heterocycles. The Balaban J connectivity index is 1.99. The fraction of sp³-hybridized carbons (Fsp3) is 0.0769. The van der Waals surface area contributed by atoms with E-state index in [1.165, 1.54) is 6.07 Å². The summed E-state index contributed by atoms with van der Waals surface area (Å²) < 4.78 is 4.97. The number of nitrogens with one attached hydrogen (secondary N) is 1. The molecule has 0 fully saturated rings. The Labute approximate surface area is 124 Å². The molecule has 0 unspecified atom stereocenters. The molecule has 1 aromatic heterocycles. The smallest absolute Gasteiger partial charge is 0.414 e. The third-order valence-corrected chi connectivity index (χ3v) is 2.76. The number of rotatable bonds is 4. The average Bonchev–Trinajstić information content (AvgIpc) is 2.48. The van der Waals surface area contributed by atoms with Gasteiger partial charge in [-0.25, -0.2) is 4.79 Å². The summed E-state index contributed by atoms with van der Waals surface area (Å²) in [7, 11) is 0. The number of pyridine rings is 1. The summed E-state index contributed by atoms with van der Waals surface area (Å²) in [6.07, 6.45) is -0.797. The van der Waals surface area contributed by atoms with Crippen LogP contribution in [0.2, 0.25) is 5.02 Å². The quantitative estimate of drug-likeness (QED) is 0.690. The minimum Gasteiger partial charge on any atom is -0.444 e. The summed E-state index contributed by atoms with van der Waals surface area (Å²) >= 11 is 5.81. The molecule has 1 aromatic carbocycles. The van der Waals surface area contributed by atoms with E-state index in [2.05, 4.69) is 10.3 Å². The molecule has 0 saturated carbocycles. The molecule has 2 aromatic rings. The first-order valence-electron chi connectivity index (χ1n) is 5.85. The molecule has 0 radical (unpaired) electrons. The molecule has 21 heavy (non-hydrogen) atoms. The van der Waals surface area contributed by atoms with Crippen molar-refractivity contribution in [3.8, 4) is 0 Å². The van der Waals surface area contributed by atoms with Crippen LogP contribution in [0.25, 0.3) is 0 Å². The van der Waals surface area contributed by atoms with Crippen LogP contribution in [0.5, 0.6) is 0 Å². The highest BCUT2D eigenvalue weighted by Gasteiger charge is 2.17. The minimum atomic E-state index is -0.797. The molecule has 1 N–H and O–H groups in total. The zero-order valence-corrected chi connectivity index (χ0v) is 11.4. The van der Waals surface area contributed by atoms with Gasteiger partial charge in [0.1, 0.15) is 11.6 Å². The Morgan fingerprint density at radius 3 is 2.67 bits per heavy atom. The lowest BCUT2D eigenvalue weighted by atomic mass is 10.2. The van der Waals surface area contributed by atoms with Gasteiger partial charge in [0.25, 0.3) is 5.82 Å². The second-order valence-corrected chi connectivity index (χ2v) is 4.35. The average molecular weight is 308 g/mol. The Hall–Kier alpha value is -2.67. The van der Waals surface area contributed by atoms with Crippen molar-refractivity contribution in [2.24, 2.45) is 0 Å². The third kappa shape index (κ3) is 4.15. The maximum atomic E-state index is 11.6. The van der Waals surface area contributed by atoms with E-state index in [1.54, 1.807) is 12.1 Å². The molecule has 0 saturated heterocycles. The molecule has 7 nitrogen and oxygen atoms in total. The zero-order chi connectivity index (χ0) is 15.2. The lowest BCUT2D eigenvalue weighted by Crippen LogP contribution is -2.15. The molecular weight excluding hydrogens is 298 g/mol. The Kier molecular flexibility index (Phi) is 4.68. The third-order valence-electron chi connectivity index (χ3n) is 2.45. The van der Waals surface area contributed by atoms with Gasteiger partial charge in [0.15, 0.2) is 0 Å². The normalized spacial score (nSPS) is 9.95. The summed E-state index contributed by atoms with van der Waals surface area (Å²) in [4.78, 5) is 25.2. The highest BCUT2D eigenvalue weighted by atomic mass is 35.5. The molecule has 1 amide bonds. The minimum absolute atomic E-state index is 0.0687. The maximum absolute atomic E-state index is 11.6. The molecule has 0 atom stereocenters. The van der Waals surface area contributed by atoms with Gasteiger partial charge in [-0.3, -0.25) is 5.32 Å². The number of benzene rings is 1. The molecule has 0 aliphatic heterocycles. The molecule has 8 heteroatoms. The zero-order valence-electron chi connectivity index (χ0n) is 10.7. The summed E-state index contributed by atoms with van der Waals surface area (Å²) in [5, 5.41) is 13.0. The molecule has 2 rings (SSSR count). The molecule has 0 spiro atoms. The van der Waals surface area contributed by atoms with Crippen molar-refractivity contribution in [1.29, 1.82) is 0 Å². The summed E-state index contributed by atoms with van der Waals surface area (Å²) in [6, 6.07) is 11.5. The van der Waals surface area contributed by atoms with Crippen LogP contribution in [0.15, 0.2) is 42.5 Å². The maximum Gasteiger partial charge on any atom is 0.414 e. The van der Waals surface area contributed by atoms with Gasteiger partial charge in [0, 0.05) is 6.07 Å². The van der Waals surface area contributed by atoms with Crippen LogP contribution in [0, 0.1) is 10.1 Å². The van der Waals surface area contributed by atoms with E-state index in [-0.39, 0.29) is 17.4 Å². The number of hydrogen-bond donors (Lipinski definition) is 1. The number of aromatic nitrogens is 1. The molecular formula is C13H10ClN3O4. The first-order chi connectivity index (χ1) is 10.1. The monoisotopic (exact) mass is 307 g/mol. The second-order valence-electron chi connectivity index (χ2n) is 3.94. The highest BCUT2D eigenvalue weighted by molar-refractivity contribution is 6.33. The van der Waals surface area contributed by atoms with Crippen molar-refractivity contribution >= 4 is 29.3 Å². The van der Waals surface area contributed by atoms with Gasteiger partial charge < -0.3 is 14.9 Å². The van der Waals surface area contributed by atoms with Crippen LogP contribution in [-0.4, -0.2) is 16.0 Å². The van der Waals surface area contributed by atoms with Crippen molar-refractivity contribution in [2.45, 2.75) is 6.61 Å². The molecule has 0 aliphatic carbocycles. The van der Waals surface area contributed by atoms with Crippen LogP contribution >= 0.6 is 11.6 Å². The number of hydrogen-bond acceptors (Lipinski definition) is 5. The van der Waals surface area contributed by atoms with E-state index >= 15 is 0 Å². The lowest BCUT2D eigenvalue weighted by molar-refractivity contribution is -0.389. The van der Waals surface area contributed by atoms with Gasteiger partial charge in [-0.05, 0) is 21.5 Å². The van der Waals surface area contributed by atoms with E-state index in [1.807, 2.05) is 18.2 Å². The van der Waals surface area contributed by atoms with E-state index < -0.39 is 16.8 Å². The SMILES string of the molecule is O=C(Nc1nc([N+](=O)[O-])ccc1Cl)OCc1ccccc1. The number of halogens is 1. The van der Waals surface area contributed by atoms with Crippen molar-refractivity contribution in [1.82, 2.24) is 4.98 Å². The number of carbonyl (C=O) groups is 1. The van der Waals surface area contributed by atoms with E-state index in [9.17, 15) is 14.9 Å². The van der Waals surface area contributed by atoms with Crippen LogP contribution in [0.1, 0.15) is 5.56 Å². The van der Waals surface area contributed by atoms with E-state index in [0.29, 0.717) is 0 Å². The van der Waals surface area contributed by atoms with Gasteiger partial charge in [0.2, 0.25) is 0 Å². The van der Waals surface area contributed by atoms with Crippen molar-refractivity contribution < 1.29 is 14.5 Å². The number of carbonyl (C=O) groups excluding carboxylic acids is 1. The number of nitrogens with zero attached hydrogens (tertiary/aromatic N) is 2. The number of nitro groups is 1. The number of anilines is 1. The van der Waals surface area contributed by atoms with Crippen LogP contribution in [0.4, 0.5) is 16.4 Å². The Morgan fingerprint density at radius 2 is 2.00 bits per heavy atom. The fourth-order valence-corrected chi connectivity index (χ4v) is 1.63. The first-order valence-corrected chi connectivity index (χ1v) is 6.22. The molecule has 108 valence electrons. The summed E-state index contributed by atoms with van der Waals surface area (Å²) in [5.41, 5.74) is 0.811. The van der Waals surface area contributed by atoms with Gasteiger partial charge in [0.05, 0.1) is 0 Å². The standard InChI is InChI=1S/C13H10ClN3O4/c14-10-6-7-11(17(19)20)15-12(10)16-13(18)21-8-9-4-2-1-3-5-9/h1-7H,8H2,(H,15,16,18). The predicted molar refractivity (Wildman–Crippen MR) is 76.2 cm³/mol. The summed E-state index contributed by atoms with van der Waals surface area (Å²) in [5.74, 6) is -0.540. The van der Waals surface area contributed by atoms with Crippen molar-refractivity contribution in [2.75, 3.05) is 5.32 Å². The topological polar surface area (TPSA) is 94.4 Å². The van der Waals surface area contributed by atoms with E-state index in [0.717, 1.165) is 11.6 Å². The van der Waals surface area contributed by atoms with Crippen LogP contribution < -0.4 is 5.32 Å².